The Kier molecular flexibility index (Phi) is 6.58. The first-order valence-corrected chi connectivity index (χ1v) is 10.7. The molecule has 0 bridgehead atoms. The lowest BCUT2D eigenvalue weighted by molar-refractivity contribution is 0.0785. The highest BCUT2D eigenvalue weighted by molar-refractivity contribution is 7.89. The van der Waals surface area contributed by atoms with Crippen molar-refractivity contribution in [1.29, 1.82) is 0 Å². The highest BCUT2D eigenvalue weighted by atomic mass is 35.5. The summed E-state index contributed by atoms with van der Waals surface area (Å²) in [6.07, 6.45) is 0. The van der Waals surface area contributed by atoms with Crippen molar-refractivity contribution in [3.05, 3.63) is 64.2 Å². The molecule has 1 amide bonds. The fourth-order valence-corrected chi connectivity index (χ4v) is 3.83. The van der Waals surface area contributed by atoms with Gasteiger partial charge in [-0.3, -0.25) is 4.79 Å². The van der Waals surface area contributed by atoms with Gasteiger partial charge in [-0.25, -0.2) is 12.7 Å². The minimum atomic E-state index is -3.65. The largest absolute Gasteiger partial charge is 0.337 e. The van der Waals surface area contributed by atoms with E-state index in [1.807, 2.05) is 12.1 Å². The SMILES string of the molecule is CN(Cc1ccc(C(C)(C)C)cc1)C(=O)c1cc(S(=O)(=O)N(C)C)ccc1Cl. The predicted octanol–water partition coefficient (Wildman–Crippen LogP) is 4.16. The zero-order valence-electron chi connectivity index (χ0n) is 17.2. The summed E-state index contributed by atoms with van der Waals surface area (Å²) in [4.78, 5) is 14.4. The van der Waals surface area contributed by atoms with Gasteiger partial charge in [-0.1, -0.05) is 56.6 Å². The van der Waals surface area contributed by atoms with Crippen molar-refractivity contribution in [3.8, 4) is 0 Å². The van der Waals surface area contributed by atoms with Crippen molar-refractivity contribution in [3.63, 3.8) is 0 Å². The molecule has 0 aliphatic heterocycles. The van der Waals surface area contributed by atoms with Crippen LogP contribution in [0, 0.1) is 0 Å². The average molecular weight is 423 g/mol. The average Bonchev–Trinajstić information content (AvgIpc) is 2.60. The molecule has 0 N–H and O–H groups in total. The minimum absolute atomic E-state index is 0.0354. The topological polar surface area (TPSA) is 57.7 Å². The van der Waals surface area contributed by atoms with E-state index >= 15 is 0 Å². The highest BCUT2D eigenvalue weighted by Crippen LogP contribution is 2.25. The predicted molar refractivity (Wildman–Crippen MR) is 113 cm³/mol. The Balaban J connectivity index is 2.26. The summed E-state index contributed by atoms with van der Waals surface area (Å²) in [5, 5.41) is 0.220. The maximum Gasteiger partial charge on any atom is 0.255 e. The molecule has 0 saturated heterocycles. The van der Waals surface area contributed by atoms with Crippen LogP contribution in [0.3, 0.4) is 0 Å². The molecule has 2 aromatic rings. The van der Waals surface area contributed by atoms with Crippen molar-refractivity contribution >= 4 is 27.5 Å². The standard InChI is InChI=1S/C21H27ClN2O3S/c1-21(2,3)16-9-7-15(8-10-16)14-24(6)20(25)18-13-17(11-12-19(18)22)28(26,27)23(4)5/h7-13H,14H2,1-6H3. The van der Waals surface area contributed by atoms with Crippen molar-refractivity contribution < 1.29 is 13.2 Å². The molecule has 7 heteroatoms. The number of carbonyl (C=O) groups excluding carboxylic acids is 1. The summed E-state index contributed by atoms with van der Waals surface area (Å²) < 4.78 is 25.8. The lowest BCUT2D eigenvalue weighted by Gasteiger charge is -2.21. The van der Waals surface area contributed by atoms with Crippen LogP contribution in [0.2, 0.25) is 5.02 Å². The first-order chi connectivity index (χ1) is 12.8. The smallest absolute Gasteiger partial charge is 0.255 e. The lowest BCUT2D eigenvalue weighted by Crippen LogP contribution is -2.27. The van der Waals surface area contributed by atoms with Gasteiger partial charge in [0.05, 0.1) is 15.5 Å². The molecule has 0 aromatic heterocycles. The minimum Gasteiger partial charge on any atom is -0.337 e. The fraction of sp³-hybridized carbons (Fsp3) is 0.381. The van der Waals surface area contributed by atoms with Gasteiger partial charge >= 0.3 is 0 Å². The van der Waals surface area contributed by atoms with E-state index in [9.17, 15) is 13.2 Å². The zero-order valence-corrected chi connectivity index (χ0v) is 18.7. The van der Waals surface area contributed by atoms with Crippen LogP contribution in [-0.2, 0) is 22.0 Å². The normalized spacial score (nSPS) is 12.3. The molecule has 0 aliphatic carbocycles. The van der Waals surface area contributed by atoms with E-state index in [1.54, 1.807) is 7.05 Å². The molecule has 0 unspecified atom stereocenters. The van der Waals surface area contributed by atoms with E-state index in [4.69, 9.17) is 11.6 Å². The van der Waals surface area contributed by atoms with Crippen LogP contribution in [-0.4, -0.2) is 44.7 Å². The third-order valence-corrected chi connectivity index (χ3v) is 6.67. The van der Waals surface area contributed by atoms with Gasteiger partial charge in [-0.15, -0.1) is 0 Å². The van der Waals surface area contributed by atoms with E-state index in [0.717, 1.165) is 9.87 Å². The van der Waals surface area contributed by atoms with Crippen LogP contribution in [0.4, 0.5) is 0 Å². The van der Waals surface area contributed by atoms with Gasteiger partial charge in [0.1, 0.15) is 0 Å². The summed E-state index contributed by atoms with van der Waals surface area (Å²) in [6, 6.07) is 12.3. The molecule has 0 heterocycles. The van der Waals surface area contributed by atoms with Gasteiger partial charge in [0.2, 0.25) is 10.0 Å². The molecule has 5 nitrogen and oxygen atoms in total. The Hall–Kier alpha value is -1.89. The van der Waals surface area contributed by atoms with E-state index < -0.39 is 10.0 Å². The third kappa shape index (κ3) is 4.93. The molecule has 0 fully saturated rings. The molecule has 152 valence electrons. The van der Waals surface area contributed by atoms with Crippen LogP contribution >= 0.6 is 11.6 Å². The van der Waals surface area contributed by atoms with Gasteiger partial charge in [0, 0.05) is 27.7 Å². The molecular weight excluding hydrogens is 396 g/mol. The van der Waals surface area contributed by atoms with Gasteiger partial charge in [0.15, 0.2) is 0 Å². The first-order valence-electron chi connectivity index (χ1n) is 8.91. The van der Waals surface area contributed by atoms with E-state index in [2.05, 4.69) is 32.9 Å². The second-order valence-electron chi connectivity index (χ2n) is 8.04. The van der Waals surface area contributed by atoms with Gasteiger partial charge in [-0.2, -0.15) is 0 Å². The number of hydrogen-bond donors (Lipinski definition) is 0. The van der Waals surface area contributed by atoms with Crippen molar-refractivity contribution in [2.75, 3.05) is 21.1 Å². The Morgan fingerprint density at radius 1 is 1.00 bits per heavy atom. The summed E-state index contributed by atoms with van der Waals surface area (Å²) in [7, 11) is 0.908. The molecular formula is C21H27ClN2O3S. The summed E-state index contributed by atoms with van der Waals surface area (Å²) in [5.41, 5.74) is 2.43. The summed E-state index contributed by atoms with van der Waals surface area (Å²) in [5.74, 6) is -0.333. The molecule has 0 aliphatic rings. The lowest BCUT2D eigenvalue weighted by atomic mass is 9.87. The van der Waals surface area contributed by atoms with Gasteiger partial charge in [-0.05, 0) is 34.7 Å². The first kappa shape index (κ1) is 22.4. The molecule has 0 spiro atoms. The number of amides is 1. The van der Waals surface area contributed by atoms with Crippen LogP contribution in [0.1, 0.15) is 42.3 Å². The molecule has 0 saturated carbocycles. The van der Waals surface area contributed by atoms with Crippen molar-refractivity contribution in [2.24, 2.45) is 0 Å². The Morgan fingerprint density at radius 2 is 1.57 bits per heavy atom. The Morgan fingerprint density at radius 3 is 2.07 bits per heavy atom. The second-order valence-corrected chi connectivity index (χ2v) is 10.6. The van der Waals surface area contributed by atoms with E-state index in [-0.39, 0.29) is 26.8 Å². The summed E-state index contributed by atoms with van der Waals surface area (Å²) in [6.45, 7) is 6.83. The van der Waals surface area contributed by atoms with Crippen LogP contribution < -0.4 is 0 Å². The number of carbonyl (C=O) groups is 1. The highest BCUT2D eigenvalue weighted by Gasteiger charge is 2.22. The maximum absolute atomic E-state index is 12.9. The van der Waals surface area contributed by atoms with Gasteiger partial charge in [0.25, 0.3) is 5.91 Å². The maximum atomic E-state index is 12.9. The molecule has 2 aromatic carbocycles. The summed E-state index contributed by atoms with van der Waals surface area (Å²) >= 11 is 6.18. The number of halogens is 1. The fourth-order valence-electron chi connectivity index (χ4n) is 2.70. The van der Waals surface area contributed by atoms with Crippen LogP contribution in [0.15, 0.2) is 47.4 Å². The molecule has 0 atom stereocenters. The van der Waals surface area contributed by atoms with Gasteiger partial charge < -0.3 is 4.90 Å². The monoisotopic (exact) mass is 422 g/mol. The molecule has 28 heavy (non-hydrogen) atoms. The quantitative estimate of drug-likeness (QED) is 0.726. The number of sulfonamides is 1. The number of hydrogen-bond acceptors (Lipinski definition) is 3. The molecule has 0 radical (unpaired) electrons. The number of rotatable bonds is 5. The third-order valence-electron chi connectivity index (χ3n) is 4.53. The van der Waals surface area contributed by atoms with Crippen LogP contribution in [0.5, 0.6) is 0 Å². The Bertz CT molecular complexity index is 962. The van der Waals surface area contributed by atoms with E-state index in [1.165, 1.54) is 42.8 Å². The van der Waals surface area contributed by atoms with Crippen molar-refractivity contribution in [1.82, 2.24) is 9.21 Å². The second kappa shape index (κ2) is 8.23. The Labute approximate surface area is 173 Å². The number of benzene rings is 2. The van der Waals surface area contributed by atoms with E-state index in [0.29, 0.717) is 6.54 Å². The van der Waals surface area contributed by atoms with Crippen LogP contribution in [0.25, 0.3) is 0 Å². The van der Waals surface area contributed by atoms with Crippen molar-refractivity contribution in [2.45, 2.75) is 37.6 Å². The number of nitrogens with zero attached hydrogens (tertiary/aromatic N) is 2. The molecule has 2 rings (SSSR count). The zero-order chi connectivity index (χ0) is 21.3.